The SMILES string of the molecule is CCc1sc(C(=O)NCc2ccc(N3CCCC3)nc2)cc1C. The molecule has 1 aliphatic rings. The summed E-state index contributed by atoms with van der Waals surface area (Å²) in [7, 11) is 0. The number of nitrogens with one attached hydrogen (secondary N) is 1. The third-order valence-electron chi connectivity index (χ3n) is 4.26. The van der Waals surface area contributed by atoms with E-state index in [9.17, 15) is 4.79 Å². The molecule has 23 heavy (non-hydrogen) atoms. The molecule has 0 radical (unpaired) electrons. The standard InChI is InChI=1S/C18H23N3OS/c1-3-15-13(2)10-16(23-15)18(22)20-12-14-6-7-17(19-11-14)21-8-4-5-9-21/h6-7,10-11H,3-5,8-9,12H2,1-2H3,(H,20,22). The molecular weight excluding hydrogens is 306 g/mol. The molecule has 122 valence electrons. The van der Waals surface area contributed by atoms with Crippen molar-refractivity contribution in [1.82, 2.24) is 10.3 Å². The molecule has 3 rings (SSSR count). The monoisotopic (exact) mass is 329 g/mol. The van der Waals surface area contributed by atoms with Crippen molar-refractivity contribution in [3.63, 3.8) is 0 Å². The normalized spacial score (nSPS) is 14.3. The number of nitrogens with zero attached hydrogens (tertiary/aromatic N) is 2. The van der Waals surface area contributed by atoms with Gasteiger partial charge in [-0.15, -0.1) is 11.3 Å². The lowest BCUT2D eigenvalue weighted by molar-refractivity contribution is 0.0955. The Balaban J connectivity index is 1.57. The highest BCUT2D eigenvalue weighted by atomic mass is 32.1. The van der Waals surface area contributed by atoms with Crippen LogP contribution in [-0.2, 0) is 13.0 Å². The molecule has 2 aromatic heterocycles. The molecule has 1 N–H and O–H groups in total. The number of thiophene rings is 1. The maximum Gasteiger partial charge on any atom is 0.261 e. The summed E-state index contributed by atoms with van der Waals surface area (Å²) in [5.41, 5.74) is 2.24. The average Bonchev–Trinajstić information content (AvgIpc) is 3.22. The fraction of sp³-hybridized carbons (Fsp3) is 0.444. The summed E-state index contributed by atoms with van der Waals surface area (Å²) < 4.78 is 0. The molecule has 0 spiro atoms. The van der Waals surface area contributed by atoms with Crippen molar-refractivity contribution in [2.24, 2.45) is 0 Å². The predicted octanol–water partition coefficient (Wildman–Crippen LogP) is 3.54. The van der Waals surface area contributed by atoms with Gasteiger partial charge < -0.3 is 10.2 Å². The van der Waals surface area contributed by atoms with Gasteiger partial charge in [0.05, 0.1) is 4.88 Å². The molecule has 2 aromatic rings. The zero-order chi connectivity index (χ0) is 16.2. The minimum absolute atomic E-state index is 0.00131. The van der Waals surface area contributed by atoms with Crippen molar-refractivity contribution >= 4 is 23.1 Å². The van der Waals surface area contributed by atoms with Crippen molar-refractivity contribution in [2.75, 3.05) is 18.0 Å². The lowest BCUT2D eigenvalue weighted by Gasteiger charge is -2.16. The summed E-state index contributed by atoms with van der Waals surface area (Å²) in [6.45, 7) is 6.90. The highest BCUT2D eigenvalue weighted by Gasteiger charge is 2.14. The first-order valence-corrected chi connectivity index (χ1v) is 9.06. The number of carbonyl (C=O) groups excluding carboxylic acids is 1. The third-order valence-corrected chi connectivity index (χ3v) is 5.64. The molecule has 4 nitrogen and oxygen atoms in total. The van der Waals surface area contributed by atoms with Crippen LogP contribution in [0.25, 0.3) is 0 Å². The van der Waals surface area contributed by atoms with Gasteiger partial charge in [0.25, 0.3) is 5.91 Å². The van der Waals surface area contributed by atoms with Gasteiger partial charge in [0.15, 0.2) is 0 Å². The Bertz CT molecular complexity index is 672. The Labute approximate surface area is 141 Å². The number of pyridine rings is 1. The van der Waals surface area contributed by atoms with Gasteiger partial charge in [-0.1, -0.05) is 13.0 Å². The maximum absolute atomic E-state index is 12.2. The predicted molar refractivity (Wildman–Crippen MR) is 95.3 cm³/mol. The van der Waals surface area contributed by atoms with Crippen LogP contribution in [0, 0.1) is 6.92 Å². The zero-order valence-corrected chi connectivity index (χ0v) is 14.6. The first kappa shape index (κ1) is 16.0. The highest BCUT2D eigenvalue weighted by molar-refractivity contribution is 7.14. The van der Waals surface area contributed by atoms with Crippen LogP contribution >= 0.6 is 11.3 Å². The number of anilines is 1. The maximum atomic E-state index is 12.2. The van der Waals surface area contributed by atoms with Crippen LogP contribution < -0.4 is 10.2 Å². The molecule has 0 aliphatic carbocycles. The number of aromatic nitrogens is 1. The largest absolute Gasteiger partial charge is 0.357 e. The molecule has 1 fully saturated rings. The lowest BCUT2D eigenvalue weighted by Crippen LogP contribution is -2.22. The molecule has 3 heterocycles. The molecule has 0 saturated carbocycles. The second-order valence-corrected chi connectivity index (χ2v) is 7.11. The van der Waals surface area contributed by atoms with Crippen molar-refractivity contribution in [3.05, 3.63) is 45.3 Å². The molecule has 0 atom stereocenters. The average molecular weight is 329 g/mol. The van der Waals surface area contributed by atoms with Crippen LogP contribution in [0.4, 0.5) is 5.82 Å². The van der Waals surface area contributed by atoms with Gasteiger partial charge >= 0.3 is 0 Å². The van der Waals surface area contributed by atoms with Crippen molar-refractivity contribution in [1.29, 1.82) is 0 Å². The van der Waals surface area contributed by atoms with Gasteiger partial charge in [-0.2, -0.15) is 0 Å². The number of rotatable bonds is 5. The van der Waals surface area contributed by atoms with Crippen LogP contribution in [-0.4, -0.2) is 24.0 Å². The van der Waals surface area contributed by atoms with E-state index in [1.165, 1.54) is 23.3 Å². The fourth-order valence-electron chi connectivity index (χ4n) is 2.91. The van der Waals surface area contributed by atoms with Gasteiger partial charge in [-0.3, -0.25) is 4.79 Å². The zero-order valence-electron chi connectivity index (χ0n) is 13.8. The number of carbonyl (C=O) groups is 1. The fourth-order valence-corrected chi connectivity index (χ4v) is 3.94. The number of amides is 1. The number of hydrogen-bond acceptors (Lipinski definition) is 4. The summed E-state index contributed by atoms with van der Waals surface area (Å²) in [6.07, 6.45) is 5.34. The lowest BCUT2D eigenvalue weighted by atomic mass is 10.2. The van der Waals surface area contributed by atoms with Crippen LogP contribution in [0.5, 0.6) is 0 Å². The smallest absolute Gasteiger partial charge is 0.261 e. The van der Waals surface area contributed by atoms with Crippen LogP contribution in [0.3, 0.4) is 0 Å². The van der Waals surface area contributed by atoms with E-state index in [4.69, 9.17) is 0 Å². The second-order valence-electron chi connectivity index (χ2n) is 5.97. The quantitative estimate of drug-likeness (QED) is 0.912. The van der Waals surface area contributed by atoms with E-state index in [2.05, 4.69) is 41.2 Å². The molecule has 0 bridgehead atoms. The topological polar surface area (TPSA) is 45.2 Å². The van der Waals surface area contributed by atoms with E-state index in [1.807, 2.05) is 12.3 Å². The van der Waals surface area contributed by atoms with Crippen LogP contribution in [0.2, 0.25) is 0 Å². The van der Waals surface area contributed by atoms with Gasteiger partial charge in [0, 0.05) is 30.7 Å². The summed E-state index contributed by atoms with van der Waals surface area (Å²) in [4.78, 5) is 21.2. The summed E-state index contributed by atoms with van der Waals surface area (Å²) in [5, 5.41) is 2.99. The first-order chi connectivity index (χ1) is 11.2. The molecule has 1 aliphatic heterocycles. The summed E-state index contributed by atoms with van der Waals surface area (Å²) in [6, 6.07) is 6.09. The van der Waals surface area contributed by atoms with E-state index < -0.39 is 0 Å². The minimum Gasteiger partial charge on any atom is -0.357 e. The summed E-state index contributed by atoms with van der Waals surface area (Å²) >= 11 is 1.59. The Kier molecular flexibility index (Phi) is 4.96. The van der Waals surface area contributed by atoms with Crippen molar-refractivity contribution in [3.8, 4) is 0 Å². The van der Waals surface area contributed by atoms with E-state index in [1.54, 1.807) is 11.3 Å². The Hall–Kier alpha value is -1.88. The van der Waals surface area contributed by atoms with Crippen molar-refractivity contribution in [2.45, 2.75) is 39.7 Å². The Morgan fingerprint density at radius 2 is 2.13 bits per heavy atom. The molecule has 1 saturated heterocycles. The van der Waals surface area contributed by atoms with Gasteiger partial charge in [0.1, 0.15) is 5.82 Å². The molecule has 0 aromatic carbocycles. The third kappa shape index (κ3) is 3.72. The van der Waals surface area contributed by atoms with Gasteiger partial charge in [0.2, 0.25) is 0 Å². The van der Waals surface area contributed by atoms with Crippen molar-refractivity contribution < 1.29 is 4.79 Å². The molecule has 0 unspecified atom stereocenters. The van der Waals surface area contributed by atoms with Crippen LogP contribution in [0.15, 0.2) is 24.4 Å². The van der Waals surface area contributed by atoms with Crippen LogP contribution in [0.1, 0.15) is 45.4 Å². The molecule has 1 amide bonds. The molecule has 5 heteroatoms. The summed E-state index contributed by atoms with van der Waals surface area (Å²) in [5.74, 6) is 1.04. The van der Waals surface area contributed by atoms with Gasteiger partial charge in [-0.05, 0) is 49.4 Å². The first-order valence-electron chi connectivity index (χ1n) is 8.24. The van der Waals surface area contributed by atoms with E-state index in [-0.39, 0.29) is 5.91 Å². The number of aryl methyl sites for hydroxylation is 2. The van der Waals surface area contributed by atoms with E-state index >= 15 is 0 Å². The number of hydrogen-bond donors (Lipinski definition) is 1. The van der Waals surface area contributed by atoms with E-state index in [0.717, 1.165) is 35.8 Å². The highest BCUT2D eigenvalue weighted by Crippen LogP contribution is 2.22. The Morgan fingerprint density at radius 3 is 2.74 bits per heavy atom. The minimum atomic E-state index is 0.00131. The Morgan fingerprint density at radius 1 is 1.35 bits per heavy atom. The van der Waals surface area contributed by atoms with E-state index in [0.29, 0.717) is 6.54 Å². The molecular formula is C18H23N3OS. The second kappa shape index (κ2) is 7.13. The van der Waals surface area contributed by atoms with Gasteiger partial charge in [-0.25, -0.2) is 4.98 Å².